The minimum atomic E-state index is -2.69. The highest BCUT2D eigenvalue weighted by atomic mass is 32.2. The number of amides is 2. The van der Waals surface area contributed by atoms with Crippen LogP contribution in [0, 0.1) is 0 Å². The average molecular weight is 364 g/mol. The van der Waals surface area contributed by atoms with Gasteiger partial charge in [-0.05, 0) is 30.3 Å². The van der Waals surface area contributed by atoms with Crippen LogP contribution in [0.4, 0.5) is 5.69 Å². The molecule has 0 aliphatic carbocycles. The van der Waals surface area contributed by atoms with Crippen molar-refractivity contribution in [2.45, 2.75) is 12.2 Å². The zero-order chi connectivity index (χ0) is 18.1. The molecule has 134 valence electrons. The van der Waals surface area contributed by atoms with Crippen molar-refractivity contribution in [2.24, 2.45) is 4.36 Å². The summed E-state index contributed by atoms with van der Waals surface area (Å²) < 4.78 is 27.9. The third-order valence-corrected chi connectivity index (χ3v) is 6.55. The van der Waals surface area contributed by atoms with Crippen molar-refractivity contribution in [1.29, 1.82) is 0 Å². The first-order chi connectivity index (χ1) is 11.9. The first-order valence-corrected chi connectivity index (χ1v) is 9.77. The maximum atomic E-state index is 12.8. The Morgan fingerprint density at radius 3 is 2.52 bits per heavy atom. The lowest BCUT2D eigenvalue weighted by Gasteiger charge is -2.19. The van der Waals surface area contributed by atoms with Crippen molar-refractivity contribution < 1.29 is 23.3 Å². The van der Waals surface area contributed by atoms with Gasteiger partial charge in [-0.3, -0.25) is 9.59 Å². The maximum absolute atomic E-state index is 12.8. The number of anilines is 1. The third kappa shape index (κ3) is 3.65. The number of hydrogen-bond acceptors (Lipinski definition) is 5. The van der Waals surface area contributed by atoms with Crippen molar-refractivity contribution >= 4 is 27.2 Å². The molecular weight excluding hydrogens is 344 g/mol. The molecule has 1 atom stereocenters. The zero-order valence-electron chi connectivity index (χ0n) is 14.0. The first-order valence-electron chi connectivity index (χ1n) is 7.91. The van der Waals surface area contributed by atoms with Crippen molar-refractivity contribution in [3.63, 3.8) is 0 Å². The van der Waals surface area contributed by atoms with Crippen molar-refractivity contribution in [1.82, 2.24) is 0 Å². The summed E-state index contributed by atoms with van der Waals surface area (Å²) in [7, 11) is -1.08. The van der Waals surface area contributed by atoms with Gasteiger partial charge in [-0.15, -0.1) is 0 Å². The van der Waals surface area contributed by atoms with Gasteiger partial charge >= 0.3 is 0 Å². The fourth-order valence-electron chi connectivity index (χ4n) is 2.90. The molecule has 0 aromatic heterocycles. The molecule has 0 bridgehead atoms. The molecule has 2 aliphatic heterocycles. The van der Waals surface area contributed by atoms with Crippen LogP contribution < -0.4 is 4.90 Å². The van der Waals surface area contributed by atoms with Crippen LogP contribution in [0.25, 0.3) is 0 Å². The van der Waals surface area contributed by atoms with E-state index >= 15 is 0 Å². The van der Waals surface area contributed by atoms with E-state index < -0.39 is 21.4 Å². The van der Waals surface area contributed by atoms with Gasteiger partial charge in [-0.1, -0.05) is 6.58 Å². The van der Waals surface area contributed by atoms with E-state index in [-0.39, 0.29) is 17.4 Å². The highest BCUT2D eigenvalue weighted by Gasteiger charge is 2.46. The monoisotopic (exact) mass is 364 g/mol. The van der Waals surface area contributed by atoms with Gasteiger partial charge in [0.25, 0.3) is 5.91 Å². The Kier molecular flexibility index (Phi) is 4.77. The minimum absolute atomic E-state index is 0.125. The molecule has 1 aromatic carbocycles. The van der Waals surface area contributed by atoms with Gasteiger partial charge in [-0.2, -0.15) is 4.36 Å². The second kappa shape index (κ2) is 6.70. The van der Waals surface area contributed by atoms with Gasteiger partial charge in [-0.25, -0.2) is 4.21 Å². The van der Waals surface area contributed by atoms with Gasteiger partial charge in [0.1, 0.15) is 0 Å². The van der Waals surface area contributed by atoms with Crippen LogP contribution in [0.2, 0.25) is 0 Å². The Morgan fingerprint density at radius 2 is 1.92 bits per heavy atom. The lowest BCUT2D eigenvalue weighted by atomic mass is 10.2. The second-order valence-corrected chi connectivity index (χ2v) is 8.45. The molecule has 0 radical (unpaired) electrons. The zero-order valence-corrected chi connectivity index (χ0v) is 14.8. The number of benzene rings is 1. The smallest absolute Gasteiger partial charge is 0.285 e. The van der Waals surface area contributed by atoms with E-state index in [9.17, 15) is 13.8 Å². The largest absolute Gasteiger partial charge is 0.347 e. The van der Waals surface area contributed by atoms with Crippen LogP contribution in [0.3, 0.4) is 0 Å². The number of likely N-dealkylation sites (N-methyl/N-ethyl adjacent to an activating group) is 1. The average Bonchev–Trinajstić information content (AvgIpc) is 3.20. The number of nitrogens with zero attached hydrogens (tertiary/aromatic N) is 2. The summed E-state index contributed by atoms with van der Waals surface area (Å²) in [5, 5.41) is 0. The lowest BCUT2D eigenvalue weighted by molar-refractivity contribution is -0.134. The topological polar surface area (TPSA) is 85.3 Å². The van der Waals surface area contributed by atoms with Crippen LogP contribution >= 0.6 is 0 Å². The second-order valence-electron chi connectivity index (χ2n) is 6.02. The maximum Gasteiger partial charge on any atom is 0.285 e. The molecule has 2 amide bonds. The van der Waals surface area contributed by atoms with Gasteiger partial charge in [0.2, 0.25) is 5.91 Å². The number of hydrogen-bond donors (Lipinski definition) is 0. The fraction of sp³-hybridized carbons (Fsp3) is 0.412. The lowest BCUT2D eigenvalue weighted by Crippen LogP contribution is -2.31. The summed E-state index contributed by atoms with van der Waals surface area (Å²) in [5.74, 6) is -1.21. The number of ether oxygens (including phenoxy) is 2. The summed E-state index contributed by atoms with van der Waals surface area (Å²) in [5.41, 5.74) is 0.943. The molecule has 25 heavy (non-hydrogen) atoms. The molecule has 1 unspecified atom stereocenters. The standard InChI is InChI=1S/C17H20N2O5S/c1-3-15(20)19(2)14-6-4-13(5-7-14)16(21)18-25(22)11-8-17(12-25)23-9-10-24-17/h3-7H,1,8-12H2,2H3. The summed E-state index contributed by atoms with van der Waals surface area (Å²) in [6.45, 7) is 4.38. The molecule has 7 nitrogen and oxygen atoms in total. The van der Waals surface area contributed by atoms with Gasteiger partial charge in [0.15, 0.2) is 5.79 Å². The number of rotatable bonds is 3. The molecule has 8 heteroatoms. The third-order valence-electron chi connectivity index (χ3n) is 4.32. The molecule has 1 aromatic rings. The van der Waals surface area contributed by atoms with Crippen molar-refractivity contribution in [2.75, 3.05) is 36.7 Å². The Balaban J connectivity index is 1.76. The Hall–Kier alpha value is -2.03. The summed E-state index contributed by atoms with van der Waals surface area (Å²) in [6, 6.07) is 6.39. The SMILES string of the molecule is C=CC(=O)N(C)c1ccc(C(=O)N=S2(=O)CCC3(C2)OCCO3)cc1. The molecule has 0 N–H and O–H groups in total. The van der Waals surface area contributed by atoms with Crippen LogP contribution in [0.15, 0.2) is 41.3 Å². The van der Waals surface area contributed by atoms with E-state index in [1.165, 1.54) is 11.0 Å². The van der Waals surface area contributed by atoms with Gasteiger partial charge in [0.05, 0.1) is 28.7 Å². The molecule has 2 aliphatic rings. The quantitative estimate of drug-likeness (QED) is 0.761. The summed E-state index contributed by atoms with van der Waals surface area (Å²) >= 11 is 0. The molecule has 2 saturated heterocycles. The molecule has 1 spiro atoms. The minimum Gasteiger partial charge on any atom is -0.347 e. The van der Waals surface area contributed by atoms with Crippen molar-refractivity contribution in [3.8, 4) is 0 Å². The highest BCUT2D eigenvalue weighted by molar-refractivity contribution is 7.94. The number of carbonyl (C=O) groups excluding carboxylic acids is 2. The van der Waals surface area contributed by atoms with E-state index in [1.807, 2.05) is 0 Å². The first kappa shape index (κ1) is 17.8. The Bertz CT molecular complexity index is 818. The molecule has 0 saturated carbocycles. The van der Waals surface area contributed by atoms with Crippen LogP contribution in [-0.2, 0) is 24.0 Å². The van der Waals surface area contributed by atoms with Crippen LogP contribution in [0.5, 0.6) is 0 Å². The fourth-order valence-corrected chi connectivity index (χ4v) is 5.24. The predicted octanol–water partition coefficient (Wildman–Crippen LogP) is 1.59. The van der Waals surface area contributed by atoms with Crippen LogP contribution in [0.1, 0.15) is 16.8 Å². The van der Waals surface area contributed by atoms with E-state index in [2.05, 4.69) is 10.9 Å². The molecular formula is C17H20N2O5S. The summed E-state index contributed by atoms with van der Waals surface area (Å²) in [4.78, 5) is 25.4. The number of carbonyl (C=O) groups is 2. The molecule has 2 fully saturated rings. The summed E-state index contributed by atoms with van der Waals surface area (Å²) in [6.07, 6.45) is 1.69. The van der Waals surface area contributed by atoms with Crippen molar-refractivity contribution in [3.05, 3.63) is 42.5 Å². The van der Waals surface area contributed by atoms with E-state index in [0.717, 1.165) is 0 Å². The highest BCUT2D eigenvalue weighted by Crippen LogP contribution is 2.33. The molecule has 2 heterocycles. The van der Waals surface area contributed by atoms with E-state index in [0.29, 0.717) is 30.9 Å². The Labute approximate surface area is 146 Å². The molecule has 3 rings (SSSR count). The Morgan fingerprint density at radius 1 is 1.28 bits per heavy atom. The van der Waals surface area contributed by atoms with Crippen LogP contribution in [-0.4, -0.2) is 53.6 Å². The van der Waals surface area contributed by atoms with Gasteiger partial charge < -0.3 is 14.4 Å². The van der Waals surface area contributed by atoms with E-state index in [1.54, 1.807) is 31.3 Å². The van der Waals surface area contributed by atoms with E-state index in [4.69, 9.17) is 9.47 Å². The van der Waals surface area contributed by atoms with Gasteiger partial charge in [0, 0.05) is 30.5 Å². The normalized spacial score (nSPS) is 24.2. The predicted molar refractivity (Wildman–Crippen MR) is 93.9 cm³/mol.